The van der Waals surface area contributed by atoms with Crippen LogP contribution in [0.25, 0.3) is 23.0 Å². The van der Waals surface area contributed by atoms with Crippen molar-refractivity contribution in [3.63, 3.8) is 0 Å². The number of halogens is 2. The van der Waals surface area contributed by atoms with Gasteiger partial charge in [0.05, 0.1) is 0 Å². The number of ether oxygens (including phenoxy) is 1. The Hall–Kier alpha value is -3.30. The van der Waals surface area contributed by atoms with Crippen LogP contribution in [-0.4, -0.2) is 32.4 Å². The molecule has 0 spiro atoms. The minimum absolute atomic E-state index is 0.0187. The molecule has 0 bridgehead atoms. The summed E-state index contributed by atoms with van der Waals surface area (Å²) in [5, 5.41) is 7.26. The third kappa shape index (κ3) is 3.21. The first kappa shape index (κ1) is 15.6. The normalized spacial score (nSPS) is 11.0. The van der Waals surface area contributed by atoms with Crippen molar-refractivity contribution >= 4 is 5.91 Å². The number of alkyl halides is 2. The van der Waals surface area contributed by atoms with Crippen LogP contribution >= 0.6 is 0 Å². The Labute approximate surface area is 133 Å². The lowest BCUT2D eigenvalue weighted by Crippen LogP contribution is -2.19. The predicted octanol–water partition coefficient (Wildman–Crippen LogP) is 1.86. The molecule has 2 aromatic heterocycles. The number of amides is 1. The molecule has 0 aliphatic rings. The molecule has 0 fully saturated rings. The van der Waals surface area contributed by atoms with E-state index < -0.39 is 12.5 Å². The second-order valence-electron chi connectivity index (χ2n) is 4.64. The van der Waals surface area contributed by atoms with Gasteiger partial charge in [0, 0.05) is 11.8 Å². The van der Waals surface area contributed by atoms with Gasteiger partial charge in [0.2, 0.25) is 5.82 Å². The van der Waals surface area contributed by atoms with Gasteiger partial charge in [-0.1, -0.05) is 5.16 Å². The van der Waals surface area contributed by atoms with Crippen LogP contribution in [0.4, 0.5) is 8.78 Å². The Morgan fingerprint density at radius 1 is 1.29 bits per heavy atom. The molecule has 0 saturated carbocycles. The average molecular weight is 335 g/mol. The molecule has 3 rings (SSSR count). The Balaban J connectivity index is 1.80. The Morgan fingerprint density at radius 3 is 2.71 bits per heavy atom. The predicted molar refractivity (Wildman–Crippen MR) is 76.9 cm³/mol. The lowest BCUT2D eigenvalue weighted by molar-refractivity contribution is -0.119. The van der Waals surface area contributed by atoms with Gasteiger partial charge in [0.15, 0.2) is 6.61 Å². The summed E-state index contributed by atoms with van der Waals surface area (Å²) < 4.78 is 36.3. The van der Waals surface area contributed by atoms with Gasteiger partial charge in [-0.25, -0.2) is 0 Å². The third-order valence-corrected chi connectivity index (χ3v) is 2.99. The van der Waals surface area contributed by atoms with Gasteiger partial charge in [-0.3, -0.25) is 4.79 Å². The van der Waals surface area contributed by atoms with Crippen LogP contribution in [0, 0.1) is 0 Å². The highest BCUT2D eigenvalue weighted by Gasteiger charge is 2.19. The topological polar surface area (TPSA) is 109 Å². The number of aromatic nitrogens is 4. The van der Waals surface area contributed by atoms with Crippen molar-refractivity contribution < 1.29 is 22.8 Å². The largest absolute Gasteiger partial charge is 0.484 e. The Kier molecular flexibility index (Phi) is 4.18. The van der Waals surface area contributed by atoms with Crippen LogP contribution in [0.5, 0.6) is 5.75 Å². The van der Waals surface area contributed by atoms with Gasteiger partial charge in [0.25, 0.3) is 11.8 Å². The van der Waals surface area contributed by atoms with Crippen LogP contribution in [0.2, 0.25) is 0 Å². The zero-order valence-corrected chi connectivity index (χ0v) is 12.1. The fourth-order valence-corrected chi connectivity index (χ4v) is 1.94. The van der Waals surface area contributed by atoms with Crippen molar-refractivity contribution in [3.05, 3.63) is 36.5 Å². The van der Waals surface area contributed by atoms with Crippen LogP contribution in [0.3, 0.4) is 0 Å². The molecule has 2 heterocycles. The number of carbonyl (C=O) groups excluding carboxylic acids is 1. The van der Waals surface area contributed by atoms with E-state index in [1.165, 1.54) is 12.3 Å². The summed E-state index contributed by atoms with van der Waals surface area (Å²) in [6.07, 6.45) is 1.22. The molecule has 0 saturated heterocycles. The fourth-order valence-electron chi connectivity index (χ4n) is 1.94. The summed E-state index contributed by atoms with van der Waals surface area (Å²) in [4.78, 5) is 14.7. The molecule has 1 amide bonds. The SMILES string of the molecule is NC(=O)COc1ccc(-c2noc(-c3ccnn3C(F)F)n2)cc1. The maximum absolute atomic E-state index is 12.8. The maximum Gasteiger partial charge on any atom is 0.333 e. The second-order valence-corrected chi connectivity index (χ2v) is 4.64. The van der Waals surface area contributed by atoms with Gasteiger partial charge in [-0.15, -0.1) is 0 Å². The van der Waals surface area contributed by atoms with E-state index in [4.69, 9.17) is 15.0 Å². The summed E-state index contributed by atoms with van der Waals surface area (Å²) >= 11 is 0. The molecule has 0 unspecified atom stereocenters. The number of nitrogens with zero attached hydrogens (tertiary/aromatic N) is 4. The van der Waals surface area contributed by atoms with E-state index in [0.29, 0.717) is 16.0 Å². The molecule has 0 atom stereocenters. The maximum atomic E-state index is 12.8. The van der Waals surface area contributed by atoms with E-state index in [1.807, 2.05) is 0 Å². The van der Waals surface area contributed by atoms with Gasteiger partial charge < -0.3 is 15.0 Å². The molecule has 0 aliphatic carbocycles. The highest BCUT2D eigenvalue weighted by atomic mass is 19.3. The van der Waals surface area contributed by atoms with E-state index in [9.17, 15) is 13.6 Å². The highest BCUT2D eigenvalue weighted by Crippen LogP contribution is 2.25. The van der Waals surface area contributed by atoms with Crippen LogP contribution in [0.15, 0.2) is 41.1 Å². The van der Waals surface area contributed by atoms with Crippen molar-refractivity contribution in [1.82, 2.24) is 19.9 Å². The Bertz CT molecular complexity index is 844. The lowest BCUT2D eigenvalue weighted by Gasteiger charge is -2.03. The molecular weight excluding hydrogens is 324 g/mol. The van der Waals surface area contributed by atoms with Gasteiger partial charge in [-0.05, 0) is 30.3 Å². The number of hydrogen-bond acceptors (Lipinski definition) is 6. The minimum Gasteiger partial charge on any atom is -0.484 e. The van der Waals surface area contributed by atoms with E-state index >= 15 is 0 Å². The average Bonchev–Trinajstić information content (AvgIpc) is 3.22. The zero-order chi connectivity index (χ0) is 17.1. The Morgan fingerprint density at radius 2 is 2.04 bits per heavy atom. The van der Waals surface area contributed by atoms with Gasteiger partial charge >= 0.3 is 6.55 Å². The number of carbonyl (C=O) groups is 1. The van der Waals surface area contributed by atoms with Crippen molar-refractivity contribution in [2.75, 3.05) is 6.61 Å². The van der Waals surface area contributed by atoms with E-state index in [-0.39, 0.29) is 24.0 Å². The van der Waals surface area contributed by atoms with Gasteiger partial charge in [-0.2, -0.15) is 23.5 Å². The van der Waals surface area contributed by atoms with Crippen LogP contribution in [0.1, 0.15) is 6.55 Å². The first-order valence-electron chi connectivity index (χ1n) is 6.72. The number of benzene rings is 1. The minimum atomic E-state index is -2.81. The molecule has 10 heteroatoms. The third-order valence-electron chi connectivity index (χ3n) is 2.99. The standard InChI is InChI=1S/C14H11F2N5O3/c15-14(16)21-10(5-6-18-21)13-19-12(20-24-13)8-1-3-9(4-2-8)23-7-11(17)22/h1-6,14H,7H2,(H2,17,22). The molecule has 0 radical (unpaired) electrons. The van der Waals surface area contributed by atoms with E-state index in [0.717, 1.165) is 0 Å². The van der Waals surface area contributed by atoms with Crippen molar-refractivity contribution in [2.45, 2.75) is 6.55 Å². The lowest BCUT2D eigenvalue weighted by atomic mass is 10.2. The molecule has 8 nitrogen and oxygen atoms in total. The summed E-state index contributed by atoms with van der Waals surface area (Å²) in [5.74, 6) is -0.0000968. The number of rotatable bonds is 6. The number of primary amides is 1. The van der Waals surface area contributed by atoms with E-state index in [2.05, 4.69) is 15.2 Å². The summed E-state index contributed by atoms with van der Waals surface area (Å²) in [5.41, 5.74) is 5.59. The smallest absolute Gasteiger partial charge is 0.333 e. The van der Waals surface area contributed by atoms with Crippen LogP contribution in [-0.2, 0) is 4.79 Å². The van der Waals surface area contributed by atoms with E-state index in [1.54, 1.807) is 24.3 Å². The first-order chi connectivity index (χ1) is 11.5. The molecule has 0 aliphatic heterocycles. The van der Waals surface area contributed by atoms with Gasteiger partial charge in [0.1, 0.15) is 11.4 Å². The molecule has 124 valence electrons. The van der Waals surface area contributed by atoms with Crippen molar-refractivity contribution in [2.24, 2.45) is 5.73 Å². The summed E-state index contributed by atoms with van der Waals surface area (Å²) in [6, 6.07) is 7.81. The van der Waals surface area contributed by atoms with Crippen LogP contribution < -0.4 is 10.5 Å². The zero-order valence-electron chi connectivity index (χ0n) is 12.1. The second kappa shape index (κ2) is 6.44. The summed E-state index contributed by atoms with van der Waals surface area (Å²) in [7, 11) is 0. The summed E-state index contributed by atoms with van der Waals surface area (Å²) in [6.45, 7) is -3.05. The van der Waals surface area contributed by atoms with Crippen molar-refractivity contribution in [3.8, 4) is 28.7 Å². The fraction of sp³-hybridized carbons (Fsp3) is 0.143. The van der Waals surface area contributed by atoms with Crippen molar-refractivity contribution in [1.29, 1.82) is 0 Å². The first-order valence-corrected chi connectivity index (χ1v) is 6.72. The number of nitrogens with two attached hydrogens (primary N) is 1. The molecular formula is C14H11F2N5O3. The molecule has 1 aromatic carbocycles. The molecule has 24 heavy (non-hydrogen) atoms. The monoisotopic (exact) mass is 335 g/mol. The molecule has 3 aromatic rings. The quantitative estimate of drug-likeness (QED) is 0.736. The highest BCUT2D eigenvalue weighted by molar-refractivity contribution is 5.75. The number of hydrogen-bond donors (Lipinski definition) is 1. The molecule has 2 N–H and O–H groups in total.